The fourth-order valence-electron chi connectivity index (χ4n) is 1.82. The first-order valence-corrected chi connectivity index (χ1v) is 7.18. The Morgan fingerprint density at radius 3 is 2.33 bits per heavy atom. The Morgan fingerprint density at radius 2 is 1.94 bits per heavy atom. The highest BCUT2D eigenvalue weighted by atomic mass is 32.2. The first-order chi connectivity index (χ1) is 8.40. The summed E-state index contributed by atoms with van der Waals surface area (Å²) >= 11 is 1.70. The average molecular weight is 267 g/mol. The molecule has 1 unspecified atom stereocenters. The second-order valence-corrected chi connectivity index (χ2v) is 5.89. The second kappa shape index (κ2) is 6.25. The van der Waals surface area contributed by atoms with Gasteiger partial charge in [-0.1, -0.05) is 12.1 Å². The molecule has 0 saturated heterocycles. The molecule has 3 nitrogen and oxygen atoms in total. The third kappa shape index (κ3) is 3.75. The Labute approximate surface area is 113 Å². The van der Waals surface area contributed by atoms with Crippen LogP contribution in [0, 0.1) is 5.41 Å². The molecule has 0 spiro atoms. The van der Waals surface area contributed by atoms with Crippen LogP contribution in [0.5, 0.6) is 0 Å². The third-order valence-electron chi connectivity index (χ3n) is 3.16. The fraction of sp³-hybridized carbons (Fsp3) is 0.500. The van der Waals surface area contributed by atoms with Gasteiger partial charge in [-0.3, -0.25) is 4.79 Å². The highest BCUT2D eigenvalue weighted by Crippen LogP contribution is 2.30. The molecule has 0 fully saturated rings. The predicted octanol–water partition coefficient (Wildman–Crippen LogP) is 3.17. The van der Waals surface area contributed by atoms with Gasteiger partial charge in [0.25, 0.3) is 0 Å². The molecule has 1 aromatic rings. The number of carboxylic acids is 1. The number of thioether (sulfide) groups is 1. The maximum atomic E-state index is 11.2. The molecule has 0 amide bonds. The summed E-state index contributed by atoms with van der Waals surface area (Å²) in [6, 6.07) is 8.32. The minimum Gasteiger partial charge on any atom is -0.481 e. The maximum Gasteiger partial charge on any atom is 0.309 e. The Morgan fingerprint density at radius 1 is 1.39 bits per heavy atom. The van der Waals surface area contributed by atoms with E-state index in [2.05, 4.69) is 29.6 Å². The molecule has 0 aliphatic rings. The van der Waals surface area contributed by atoms with E-state index in [1.165, 1.54) is 4.90 Å². The minimum atomic E-state index is -0.761. The smallest absolute Gasteiger partial charge is 0.309 e. The van der Waals surface area contributed by atoms with Crippen LogP contribution in [-0.4, -0.2) is 24.4 Å². The lowest BCUT2D eigenvalue weighted by Gasteiger charge is -2.26. The Balaban J connectivity index is 2.86. The van der Waals surface area contributed by atoms with Gasteiger partial charge < -0.3 is 10.4 Å². The monoisotopic (exact) mass is 267 g/mol. The van der Waals surface area contributed by atoms with Gasteiger partial charge in [0.1, 0.15) is 0 Å². The lowest BCUT2D eigenvalue weighted by atomic mass is 9.83. The zero-order valence-electron chi connectivity index (χ0n) is 11.4. The van der Waals surface area contributed by atoms with Crippen molar-refractivity contribution >= 4 is 17.7 Å². The van der Waals surface area contributed by atoms with Gasteiger partial charge in [0.15, 0.2) is 0 Å². The van der Waals surface area contributed by atoms with E-state index < -0.39 is 11.4 Å². The molecule has 1 rings (SSSR count). The lowest BCUT2D eigenvalue weighted by molar-refractivity contribution is -0.147. The Hall–Kier alpha value is -1.00. The van der Waals surface area contributed by atoms with Crippen LogP contribution in [0.1, 0.15) is 31.9 Å². The molecule has 0 aromatic heterocycles. The molecule has 1 atom stereocenters. The van der Waals surface area contributed by atoms with Gasteiger partial charge in [0.05, 0.1) is 5.41 Å². The van der Waals surface area contributed by atoms with Crippen molar-refractivity contribution < 1.29 is 9.90 Å². The summed E-state index contributed by atoms with van der Waals surface area (Å²) in [5.74, 6) is -0.761. The second-order valence-electron chi connectivity index (χ2n) is 5.01. The minimum absolute atomic E-state index is 0.0620. The predicted molar refractivity (Wildman–Crippen MR) is 76.1 cm³/mol. The van der Waals surface area contributed by atoms with E-state index in [9.17, 15) is 9.90 Å². The summed E-state index contributed by atoms with van der Waals surface area (Å²) < 4.78 is 0. The van der Waals surface area contributed by atoms with E-state index >= 15 is 0 Å². The van der Waals surface area contributed by atoms with Gasteiger partial charge in [0.2, 0.25) is 0 Å². The lowest BCUT2D eigenvalue weighted by Crippen LogP contribution is -2.30. The Bertz CT molecular complexity index is 401. The zero-order valence-corrected chi connectivity index (χ0v) is 12.2. The number of rotatable bonds is 6. The quantitative estimate of drug-likeness (QED) is 0.777. The van der Waals surface area contributed by atoms with Crippen molar-refractivity contribution in [3.63, 3.8) is 0 Å². The molecule has 0 heterocycles. The van der Waals surface area contributed by atoms with E-state index in [0.29, 0.717) is 6.42 Å². The molecule has 0 saturated carbocycles. The first kappa shape index (κ1) is 15.1. The van der Waals surface area contributed by atoms with Gasteiger partial charge in [-0.15, -0.1) is 11.8 Å². The molecule has 100 valence electrons. The van der Waals surface area contributed by atoms with Crippen molar-refractivity contribution in [1.82, 2.24) is 5.32 Å². The Kier molecular flexibility index (Phi) is 5.23. The molecular formula is C14H21NO2S. The van der Waals surface area contributed by atoms with Gasteiger partial charge in [0, 0.05) is 10.9 Å². The zero-order chi connectivity index (χ0) is 13.8. The van der Waals surface area contributed by atoms with Crippen molar-refractivity contribution in [2.24, 2.45) is 5.41 Å². The van der Waals surface area contributed by atoms with E-state index in [1.54, 1.807) is 25.6 Å². The molecule has 0 bridgehead atoms. The van der Waals surface area contributed by atoms with E-state index in [1.807, 2.05) is 13.3 Å². The number of aliphatic carboxylic acids is 1. The number of carboxylic acid groups (broad SMARTS) is 1. The van der Waals surface area contributed by atoms with E-state index in [-0.39, 0.29) is 6.04 Å². The van der Waals surface area contributed by atoms with Crippen LogP contribution in [0.3, 0.4) is 0 Å². The van der Waals surface area contributed by atoms with Crippen molar-refractivity contribution in [1.29, 1.82) is 0 Å². The SMILES string of the molecule is CNC(CC(C)(C)C(=O)O)c1ccc(SC)cc1. The maximum absolute atomic E-state index is 11.2. The van der Waals surface area contributed by atoms with Crippen molar-refractivity contribution in [2.75, 3.05) is 13.3 Å². The summed E-state index contributed by atoms with van der Waals surface area (Å²) in [6.45, 7) is 3.52. The summed E-state index contributed by atoms with van der Waals surface area (Å²) in [5, 5.41) is 12.4. The molecular weight excluding hydrogens is 246 g/mol. The van der Waals surface area contributed by atoms with Crippen LogP contribution >= 0.6 is 11.8 Å². The third-order valence-corrected chi connectivity index (χ3v) is 3.90. The number of nitrogens with one attached hydrogen (secondary N) is 1. The largest absolute Gasteiger partial charge is 0.481 e. The molecule has 1 aromatic carbocycles. The molecule has 4 heteroatoms. The van der Waals surface area contributed by atoms with E-state index in [0.717, 1.165) is 5.56 Å². The average Bonchev–Trinajstić information content (AvgIpc) is 2.36. The summed E-state index contributed by atoms with van der Waals surface area (Å²) in [7, 11) is 1.87. The summed E-state index contributed by atoms with van der Waals surface area (Å²) in [4.78, 5) is 12.4. The molecule has 2 N–H and O–H groups in total. The number of hydrogen-bond acceptors (Lipinski definition) is 3. The highest BCUT2D eigenvalue weighted by molar-refractivity contribution is 7.98. The van der Waals surface area contributed by atoms with Crippen LogP contribution in [0.4, 0.5) is 0 Å². The van der Waals surface area contributed by atoms with Gasteiger partial charge in [-0.25, -0.2) is 0 Å². The van der Waals surface area contributed by atoms with Gasteiger partial charge >= 0.3 is 5.97 Å². The summed E-state index contributed by atoms with van der Waals surface area (Å²) in [5.41, 5.74) is 0.399. The first-order valence-electron chi connectivity index (χ1n) is 5.95. The molecule has 0 aliphatic carbocycles. The number of hydrogen-bond donors (Lipinski definition) is 2. The summed E-state index contributed by atoms with van der Waals surface area (Å²) in [6.07, 6.45) is 2.61. The van der Waals surface area contributed by atoms with Crippen LogP contribution in [0.15, 0.2) is 29.2 Å². The van der Waals surface area contributed by atoms with Crippen molar-refractivity contribution in [2.45, 2.75) is 31.2 Å². The number of carbonyl (C=O) groups is 1. The molecule has 0 radical (unpaired) electrons. The van der Waals surface area contributed by atoms with Crippen molar-refractivity contribution in [3.8, 4) is 0 Å². The van der Waals surface area contributed by atoms with E-state index in [4.69, 9.17) is 0 Å². The normalized spacial score (nSPS) is 13.3. The fourth-order valence-corrected chi connectivity index (χ4v) is 2.23. The highest BCUT2D eigenvalue weighted by Gasteiger charge is 2.30. The van der Waals surface area contributed by atoms with Gasteiger partial charge in [-0.05, 0) is 51.3 Å². The topological polar surface area (TPSA) is 49.3 Å². The molecule has 18 heavy (non-hydrogen) atoms. The van der Waals surface area contributed by atoms with Crippen LogP contribution in [-0.2, 0) is 4.79 Å². The van der Waals surface area contributed by atoms with Crippen LogP contribution < -0.4 is 5.32 Å². The van der Waals surface area contributed by atoms with Gasteiger partial charge in [-0.2, -0.15) is 0 Å². The van der Waals surface area contributed by atoms with Crippen molar-refractivity contribution in [3.05, 3.63) is 29.8 Å². The van der Waals surface area contributed by atoms with Crippen LogP contribution in [0.2, 0.25) is 0 Å². The van der Waals surface area contributed by atoms with Crippen LogP contribution in [0.25, 0.3) is 0 Å². The number of benzene rings is 1. The standard InChI is InChI=1S/C14H21NO2S/c1-14(2,13(16)17)9-12(15-3)10-5-7-11(18-4)8-6-10/h5-8,12,15H,9H2,1-4H3,(H,16,17). The molecule has 0 aliphatic heterocycles.